The Balaban J connectivity index is 2.69. The molecule has 14 heavy (non-hydrogen) atoms. The first-order valence-electron chi connectivity index (χ1n) is 4.46. The largest absolute Gasteiger partial charge is 0.343 e. The van der Waals surface area contributed by atoms with Crippen LogP contribution in [-0.2, 0) is 9.59 Å². The second kappa shape index (κ2) is 4.46. The molecule has 0 aromatic heterocycles. The van der Waals surface area contributed by atoms with Crippen LogP contribution in [0.15, 0.2) is 11.6 Å². The third-order valence-corrected chi connectivity index (χ3v) is 2.17. The van der Waals surface area contributed by atoms with Crippen molar-refractivity contribution in [3.8, 4) is 0 Å². The molecule has 1 atom stereocenters. The van der Waals surface area contributed by atoms with Gasteiger partial charge in [0.15, 0.2) is 0 Å². The lowest BCUT2D eigenvalue weighted by Gasteiger charge is -2.31. The molecular formula is C9H13ClN2O2. The maximum atomic E-state index is 11.6. The van der Waals surface area contributed by atoms with Gasteiger partial charge < -0.3 is 10.2 Å². The molecule has 4 nitrogen and oxygen atoms in total. The summed E-state index contributed by atoms with van der Waals surface area (Å²) in [5.74, 6) is -0.233. The zero-order valence-corrected chi connectivity index (χ0v) is 8.80. The Labute approximate surface area is 87.9 Å². The molecule has 0 spiro atoms. The van der Waals surface area contributed by atoms with Crippen LogP contribution >= 0.6 is 11.6 Å². The molecule has 1 N–H and O–H groups in total. The molecule has 1 aliphatic rings. The van der Waals surface area contributed by atoms with E-state index in [1.807, 2.05) is 6.92 Å². The van der Waals surface area contributed by atoms with Crippen molar-refractivity contribution < 1.29 is 9.59 Å². The van der Waals surface area contributed by atoms with Gasteiger partial charge in [0.05, 0.1) is 13.1 Å². The summed E-state index contributed by atoms with van der Waals surface area (Å²) in [7, 11) is 0. The first-order chi connectivity index (χ1) is 6.54. The average molecular weight is 217 g/mol. The van der Waals surface area contributed by atoms with Crippen LogP contribution < -0.4 is 5.32 Å². The topological polar surface area (TPSA) is 49.4 Å². The van der Waals surface area contributed by atoms with Gasteiger partial charge in [0.1, 0.15) is 6.04 Å². The number of piperazine rings is 1. The lowest BCUT2D eigenvalue weighted by molar-refractivity contribution is -0.143. The highest BCUT2D eigenvalue weighted by atomic mass is 35.5. The summed E-state index contributed by atoms with van der Waals surface area (Å²) in [6.07, 6.45) is 0.593. The van der Waals surface area contributed by atoms with E-state index in [0.29, 0.717) is 11.5 Å². The molecule has 0 bridgehead atoms. The molecule has 1 rings (SSSR count). The Morgan fingerprint density at radius 1 is 1.71 bits per heavy atom. The first kappa shape index (κ1) is 11.0. The fourth-order valence-electron chi connectivity index (χ4n) is 1.39. The molecule has 0 saturated carbocycles. The predicted molar refractivity (Wildman–Crippen MR) is 53.8 cm³/mol. The Morgan fingerprint density at radius 3 is 2.86 bits per heavy atom. The molecule has 0 radical (unpaired) electrons. The third kappa shape index (κ3) is 2.48. The fraction of sp³-hybridized carbons (Fsp3) is 0.556. The van der Waals surface area contributed by atoms with Gasteiger partial charge in [0.25, 0.3) is 0 Å². The number of hydrogen-bond acceptors (Lipinski definition) is 2. The van der Waals surface area contributed by atoms with Crippen molar-refractivity contribution in [1.82, 2.24) is 10.2 Å². The zero-order valence-electron chi connectivity index (χ0n) is 8.05. The Kier molecular flexibility index (Phi) is 3.52. The van der Waals surface area contributed by atoms with Gasteiger partial charge in [-0.25, -0.2) is 0 Å². The number of rotatable bonds is 3. The molecule has 0 aromatic rings. The van der Waals surface area contributed by atoms with E-state index in [9.17, 15) is 9.59 Å². The van der Waals surface area contributed by atoms with Gasteiger partial charge >= 0.3 is 0 Å². The van der Waals surface area contributed by atoms with Crippen LogP contribution in [0.4, 0.5) is 0 Å². The molecule has 0 aliphatic carbocycles. The van der Waals surface area contributed by atoms with Crippen LogP contribution in [0.3, 0.4) is 0 Å². The molecule has 0 aromatic carbocycles. The first-order valence-corrected chi connectivity index (χ1v) is 4.83. The lowest BCUT2D eigenvalue weighted by Crippen LogP contribution is -2.57. The smallest absolute Gasteiger partial charge is 0.245 e. The number of halogens is 1. The van der Waals surface area contributed by atoms with E-state index < -0.39 is 6.04 Å². The van der Waals surface area contributed by atoms with E-state index in [0.717, 1.165) is 0 Å². The van der Waals surface area contributed by atoms with E-state index in [2.05, 4.69) is 11.9 Å². The average Bonchev–Trinajstić information content (AvgIpc) is 2.09. The molecule has 2 amide bonds. The minimum atomic E-state index is -0.410. The number of carbonyl (C=O) groups is 2. The normalized spacial score (nSPS) is 22.1. The van der Waals surface area contributed by atoms with Gasteiger partial charge in [0, 0.05) is 5.03 Å². The van der Waals surface area contributed by atoms with Gasteiger partial charge in [-0.15, -0.1) is 0 Å². The summed E-state index contributed by atoms with van der Waals surface area (Å²) in [6, 6.07) is -0.410. The maximum Gasteiger partial charge on any atom is 0.245 e. The standard InChI is InChI=1S/C9H13ClN2O2/c1-3-7-9(14)12(4-6(2)10)5-8(13)11-7/h7H,2-5H2,1H3,(H,11,13). The molecule has 1 fully saturated rings. The number of amides is 2. The monoisotopic (exact) mass is 216 g/mol. The van der Waals surface area contributed by atoms with Crippen LogP contribution in [-0.4, -0.2) is 35.8 Å². The Bertz CT molecular complexity index is 276. The van der Waals surface area contributed by atoms with E-state index in [1.54, 1.807) is 0 Å². The van der Waals surface area contributed by atoms with Gasteiger partial charge in [-0.1, -0.05) is 25.1 Å². The lowest BCUT2D eigenvalue weighted by atomic mass is 10.1. The summed E-state index contributed by atoms with van der Waals surface area (Å²) in [6.45, 7) is 5.66. The highest BCUT2D eigenvalue weighted by Crippen LogP contribution is 2.09. The highest BCUT2D eigenvalue weighted by molar-refractivity contribution is 6.29. The van der Waals surface area contributed by atoms with Crippen molar-refractivity contribution in [3.05, 3.63) is 11.6 Å². The third-order valence-electron chi connectivity index (χ3n) is 2.05. The number of carbonyl (C=O) groups excluding carboxylic acids is 2. The highest BCUT2D eigenvalue weighted by Gasteiger charge is 2.31. The van der Waals surface area contributed by atoms with Crippen molar-refractivity contribution in [2.45, 2.75) is 19.4 Å². The molecule has 78 valence electrons. The van der Waals surface area contributed by atoms with Crippen LogP contribution in [0.5, 0.6) is 0 Å². The van der Waals surface area contributed by atoms with Crippen LogP contribution in [0.2, 0.25) is 0 Å². The minimum Gasteiger partial charge on any atom is -0.343 e. The number of nitrogens with one attached hydrogen (secondary N) is 1. The van der Waals surface area contributed by atoms with Crippen molar-refractivity contribution in [1.29, 1.82) is 0 Å². The Morgan fingerprint density at radius 2 is 2.36 bits per heavy atom. The van der Waals surface area contributed by atoms with Crippen LogP contribution in [0.1, 0.15) is 13.3 Å². The summed E-state index contributed by atoms with van der Waals surface area (Å²) in [5.41, 5.74) is 0. The molecule has 1 saturated heterocycles. The maximum absolute atomic E-state index is 11.6. The fourth-order valence-corrected chi connectivity index (χ4v) is 1.54. The second-order valence-corrected chi connectivity index (χ2v) is 3.77. The van der Waals surface area contributed by atoms with Crippen molar-refractivity contribution >= 4 is 23.4 Å². The summed E-state index contributed by atoms with van der Waals surface area (Å²) in [5, 5.41) is 2.98. The number of hydrogen-bond donors (Lipinski definition) is 1. The van der Waals surface area contributed by atoms with Crippen molar-refractivity contribution in [2.75, 3.05) is 13.1 Å². The van der Waals surface area contributed by atoms with Crippen molar-refractivity contribution in [3.63, 3.8) is 0 Å². The molecule has 5 heteroatoms. The van der Waals surface area contributed by atoms with Crippen molar-refractivity contribution in [2.24, 2.45) is 0 Å². The van der Waals surface area contributed by atoms with E-state index in [4.69, 9.17) is 11.6 Å². The predicted octanol–water partition coefficient (Wildman–Crippen LogP) is 0.476. The minimum absolute atomic E-state index is 0.0705. The van der Waals surface area contributed by atoms with E-state index in [1.165, 1.54) is 4.90 Å². The molecule has 1 unspecified atom stereocenters. The van der Waals surface area contributed by atoms with E-state index >= 15 is 0 Å². The van der Waals surface area contributed by atoms with Gasteiger partial charge in [-0.3, -0.25) is 9.59 Å². The van der Waals surface area contributed by atoms with Crippen LogP contribution in [0.25, 0.3) is 0 Å². The number of nitrogens with zero attached hydrogens (tertiary/aromatic N) is 1. The molecular weight excluding hydrogens is 204 g/mol. The molecule has 1 aliphatic heterocycles. The quantitative estimate of drug-likeness (QED) is 0.746. The summed E-state index contributed by atoms with van der Waals surface area (Å²) in [4.78, 5) is 24.3. The molecule has 1 heterocycles. The Hall–Kier alpha value is -1.03. The van der Waals surface area contributed by atoms with Gasteiger partial charge in [-0.2, -0.15) is 0 Å². The zero-order chi connectivity index (χ0) is 10.7. The summed E-state index contributed by atoms with van der Waals surface area (Å²) < 4.78 is 0. The van der Waals surface area contributed by atoms with Gasteiger partial charge in [-0.05, 0) is 6.42 Å². The van der Waals surface area contributed by atoms with E-state index in [-0.39, 0.29) is 24.9 Å². The summed E-state index contributed by atoms with van der Waals surface area (Å²) >= 11 is 5.59. The SMILES string of the molecule is C=C(Cl)CN1CC(=O)NC(CC)C1=O. The van der Waals surface area contributed by atoms with Gasteiger partial charge in [0.2, 0.25) is 11.8 Å². The second-order valence-electron chi connectivity index (χ2n) is 3.24. The van der Waals surface area contributed by atoms with Crippen LogP contribution in [0, 0.1) is 0 Å².